The van der Waals surface area contributed by atoms with Crippen LogP contribution in [-0.2, 0) is 0 Å². The predicted molar refractivity (Wildman–Crippen MR) is 88.3 cm³/mol. The predicted octanol–water partition coefficient (Wildman–Crippen LogP) is 5.97. The van der Waals surface area contributed by atoms with E-state index in [-0.39, 0.29) is 5.91 Å². The van der Waals surface area contributed by atoms with Gasteiger partial charge in [0.05, 0.1) is 20.8 Å². The zero-order valence-corrected chi connectivity index (χ0v) is 14.2. The molecule has 6 heteroatoms. The number of halogens is 4. The quantitative estimate of drug-likeness (QED) is 0.626. The zero-order chi connectivity index (χ0) is 14.9. The summed E-state index contributed by atoms with van der Waals surface area (Å²) in [5, 5.41) is 3.72. The minimum atomic E-state index is -0.269. The number of benzene rings is 2. The van der Waals surface area contributed by atoms with Crippen molar-refractivity contribution in [1.82, 2.24) is 0 Å². The van der Waals surface area contributed by atoms with Gasteiger partial charge < -0.3 is 5.32 Å². The monoisotopic (exact) mass is 391 g/mol. The molecule has 0 aromatic heterocycles. The highest BCUT2D eigenvalue weighted by Crippen LogP contribution is 2.32. The molecule has 2 aromatic carbocycles. The van der Waals surface area contributed by atoms with Crippen molar-refractivity contribution in [3.8, 4) is 0 Å². The summed E-state index contributed by atoms with van der Waals surface area (Å²) >= 11 is 21.1. The fraction of sp³-hybridized carbons (Fsp3) is 0.0714. The Bertz CT molecular complexity index is 668. The van der Waals surface area contributed by atoms with Crippen LogP contribution in [0.2, 0.25) is 15.1 Å². The maximum absolute atomic E-state index is 12.2. The van der Waals surface area contributed by atoms with E-state index in [9.17, 15) is 4.79 Å². The second kappa shape index (κ2) is 6.35. The number of hydrogen-bond donors (Lipinski definition) is 1. The van der Waals surface area contributed by atoms with Gasteiger partial charge in [0.15, 0.2) is 0 Å². The van der Waals surface area contributed by atoms with Gasteiger partial charge in [-0.15, -0.1) is 0 Å². The lowest BCUT2D eigenvalue weighted by atomic mass is 10.1. The maximum atomic E-state index is 12.2. The van der Waals surface area contributed by atoms with Crippen LogP contribution in [0.3, 0.4) is 0 Å². The summed E-state index contributed by atoms with van der Waals surface area (Å²) < 4.78 is 0.836. The SMILES string of the molecule is Cc1cc(Br)cc(C(=O)Nc2cc(Cl)c(Cl)cc2Cl)c1. The van der Waals surface area contributed by atoms with Crippen molar-refractivity contribution in [3.05, 3.63) is 61.0 Å². The standard InChI is InChI=1S/C14H9BrCl3NO/c1-7-2-8(4-9(15)3-7)14(20)19-13-6-11(17)10(16)5-12(13)18/h2-6H,1H3,(H,19,20). The number of anilines is 1. The minimum absolute atomic E-state index is 0.269. The third-order valence-electron chi connectivity index (χ3n) is 2.56. The number of hydrogen-bond acceptors (Lipinski definition) is 1. The van der Waals surface area contributed by atoms with Gasteiger partial charge >= 0.3 is 0 Å². The fourth-order valence-corrected chi connectivity index (χ4v) is 2.88. The number of carbonyl (C=O) groups excluding carboxylic acids is 1. The molecule has 0 saturated carbocycles. The number of nitrogens with one attached hydrogen (secondary N) is 1. The van der Waals surface area contributed by atoms with E-state index in [4.69, 9.17) is 34.8 Å². The van der Waals surface area contributed by atoms with Crippen LogP contribution in [0.4, 0.5) is 5.69 Å². The maximum Gasteiger partial charge on any atom is 0.255 e. The molecular formula is C14H9BrCl3NO. The van der Waals surface area contributed by atoms with Crippen LogP contribution in [0.5, 0.6) is 0 Å². The third-order valence-corrected chi connectivity index (χ3v) is 4.06. The molecule has 2 rings (SSSR count). The van der Waals surface area contributed by atoms with E-state index in [1.165, 1.54) is 12.1 Å². The first-order valence-electron chi connectivity index (χ1n) is 5.60. The molecule has 1 amide bonds. The molecule has 0 bridgehead atoms. The van der Waals surface area contributed by atoms with Gasteiger partial charge in [0, 0.05) is 10.0 Å². The molecule has 0 aliphatic carbocycles. The largest absolute Gasteiger partial charge is 0.321 e. The van der Waals surface area contributed by atoms with Crippen LogP contribution in [0.1, 0.15) is 15.9 Å². The van der Waals surface area contributed by atoms with Gasteiger partial charge in [-0.25, -0.2) is 0 Å². The fourth-order valence-electron chi connectivity index (χ4n) is 1.68. The molecule has 0 unspecified atom stereocenters. The highest BCUT2D eigenvalue weighted by Gasteiger charge is 2.12. The highest BCUT2D eigenvalue weighted by molar-refractivity contribution is 9.10. The topological polar surface area (TPSA) is 29.1 Å². The first kappa shape index (κ1) is 15.6. The van der Waals surface area contributed by atoms with Crippen molar-refractivity contribution in [2.24, 2.45) is 0 Å². The number of rotatable bonds is 2. The Kier molecular flexibility index (Phi) is 4.97. The normalized spacial score (nSPS) is 10.4. The van der Waals surface area contributed by atoms with Crippen LogP contribution in [0, 0.1) is 6.92 Å². The van der Waals surface area contributed by atoms with E-state index in [0.29, 0.717) is 26.3 Å². The average molecular weight is 393 g/mol. The Hall–Kier alpha value is -0.740. The van der Waals surface area contributed by atoms with E-state index in [1.807, 2.05) is 13.0 Å². The molecule has 0 fully saturated rings. The zero-order valence-electron chi connectivity index (χ0n) is 10.3. The molecule has 0 spiro atoms. The molecule has 0 heterocycles. The number of amides is 1. The van der Waals surface area contributed by atoms with E-state index in [0.717, 1.165) is 10.0 Å². The van der Waals surface area contributed by atoms with Gasteiger partial charge in [-0.2, -0.15) is 0 Å². The van der Waals surface area contributed by atoms with Crippen LogP contribution < -0.4 is 5.32 Å². The Balaban J connectivity index is 2.30. The van der Waals surface area contributed by atoms with Crippen molar-refractivity contribution >= 4 is 62.3 Å². The van der Waals surface area contributed by atoms with Crippen molar-refractivity contribution in [2.45, 2.75) is 6.92 Å². The summed E-state index contributed by atoms with van der Waals surface area (Å²) in [6.45, 7) is 1.91. The Morgan fingerprint density at radius 3 is 2.30 bits per heavy atom. The molecule has 20 heavy (non-hydrogen) atoms. The lowest BCUT2D eigenvalue weighted by Crippen LogP contribution is -2.12. The molecule has 0 atom stereocenters. The molecule has 2 aromatic rings. The summed E-state index contributed by atoms with van der Waals surface area (Å²) in [6, 6.07) is 8.45. The van der Waals surface area contributed by atoms with Gasteiger partial charge in [-0.3, -0.25) is 4.79 Å². The molecular weight excluding hydrogens is 384 g/mol. The van der Waals surface area contributed by atoms with Crippen molar-refractivity contribution < 1.29 is 4.79 Å². The molecule has 104 valence electrons. The van der Waals surface area contributed by atoms with E-state index in [2.05, 4.69) is 21.2 Å². The number of carbonyl (C=O) groups is 1. The van der Waals surface area contributed by atoms with Crippen LogP contribution in [0.25, 0.3) is 0 Å². The van der Waals surface area contributed by atoms with Crippen LogP contribution >= 0.6 is 50.7 Å². The Labute approximate surface area is 140 Å². The lowest BCUT2D eigenvalue weighted by molar-refractivity contribution is 0.102. The molecule has 0 aliphatic rings. The minimum Gasteiger partial charge on any atom is -0.321 e. The smallest absolute Gasteiger partial charge is 0.255 e. The molecule has 1 N–H and O–H groups in total. The Morgan fingerprint density at radius 2 is 1.65 bits per heavy atom. The van der Waals surface area contributed by atoms with E-state index >= 15 is 0 Å². The average Bonchev–Trinajstić information content (AvgIpc) is 2.34. The first-order valence-corrected chi connectivity index (χ1v) is 7.52. The first-order chi connectivity index (χ1) is 9.36. The van der Waals surface area contributed by atoms with E-state index < -0.39 is 0 Å². The van der Waals surface area contributed by atoms with E-state index in [1.54, 1.807) is 12.1 Å². The van der Waals surface area contributed by atoms with Gasteiger partial charge in [-0.1, -0.05) is 50.7 Å². The summed E-state index contributed by atoms with van der Waals surface area (Å²) in [5.74, 6) is -0.269. The number of aryl methyl sites for hydroxylation is 1. The second-order valence-corrected chi connectivity index (χ2v) is 6.35. The van der Waals surface area contributed by atoms with Gasteiger partial charge in [-0.05, 0) is 42.8 Å². The van der Waals surface area contributed by atoms with Gasteiger partial charge in [0.1, 0.15) is 0 Å². The van der Waals surface area contributed by atoms with Gasteiger partial charge in [0.25, 0.3) is 5.91 Å². The lowest BCUT2D eigenvalue weighted by Gasteiger charge is -2.09. The van der Waals surface area contributed by atoms with Crippen molar-refractivity contribution in [1.29, 1.82) is 0 Å². The summed E-state index contributed by atoms with van der Waals surface area (Å²) in [6.07, 6.45) is 0. The van der Waals surface area contributed by atoms with Gasteiger partial charge in [0.2, 0.25) is 0 Å². The summed E-state index contributed by atoms with van der Waals surface area (Å²) in [4.78, 5) is 12.2. The van der Waals surface area contributed by atoms with Crippen LogP contribution in [0.15, 0.2) is 34.8 Å². The molecule has 0 saturated heterocycles. The third kappa shape index (κ3) is 3.67. The molecule has 0 radical (unpaired) electrons. The summed E-state index contributed by atoms with van der Waals surface area (Å²) in [7, 11) is 0. The molecule has 0 aliphatic heterocycles. The van der Waals surface area contributed by atoms with Crippen molar-refractivity contribution in [3.63, 3.8) is 0 Å². The van der Waals surface area contributed by atoms with Crippen LogP contribution in [-0.4, -0.2) is 5.91 Å². The molecule has 2 nitrogen and oxygen atoms in total. The second-order valence-electron chi connectivity index (χ2n) is 4.22. The highest BCUT2D eigenvalue weighted by atomic mass is 79.9. The Morgan fingerprint density at radius 1 is 1.00 bits per heavy atom. The summed E-state index contributed by atoms with van der Waals surface area (Å²) in [5.41, 5.74) is 1.92. The van der Waals surface area contributed by atoms with Crippen molar-refractivity contribution in [2.75, 3.05) is 5.32 Å².